The van der Waals surface area contributed by atoms with Crippen molar-refractivity contribution in [1.82, 2.24) is 14.9 Å². The van der Waals surface area contributed by atoms with Crippen LogP contribution in [0.4, 0.5) is 13.2 Å². The molecule has 1 N–H and O–H groups in total. The van der Waals surface area contributed by atoms with Gasteiger partial charge in [-0.25, -0.2) is 4.98 Å². The van der Waals surface area contributed by atoms with Gasteiger partial charge in [-0.15, -0.1) is 6.42 Å². The largest absolute Gasteiger partial charge is 0.416 e. The zero-order valence-electron chi connectivity index (χ0n) is 13.0. The number of nitrogens with zero attached hydrogens (tertiary/aromatic N) is 2. The Kier molecular flexibility index (Phi) is 5.78. The standard InChI is InChI=1S/C16H16F3N3OS/c1-3-7-20-14(23)10-24-15-21-12-6-5-11(16(17,18)19)9-13(12)22(15)8-4-2/h1,5-6,9H,4,7-8,10H2,2H3,(H,20,23). The fourth-order valence-electron chi connectivity index (χ4n) is 2.16. The third kappa shape index (κ3) is 4.23. The van der Waals surface area contributed by atoms with Crippen molar-refractivity contribution in [3.63, 3.8) is 0 Å². The van der Waals surface area contributed by atoms with E-state index in [9.17, 15) is 18.0 Å². The van der Waals surface area contributed by atoms with Crippen LogP contribution in [0.2, 0.25) is 0 Å². The highest BCUT2D eigenvalue weighted by Gasteiger charge is 2.31. The van der Waals surface area contributed by atoms with E-state index in [1.807, 2.05) is 6.92 Å². The normalized spacial score (nSPS) is 11.5. The number of terminal acetylenes is 1. The minimum absolute atomic E-state index is 0.0981. The Balaban J connectivity index is 2.31. The first-order chi connectivity index (χ1) is 11.4. The quantitative estimate of drug-likeness (QED) is 0.639. The van der Waals surface area contributed by atoms with E-state index >= 15 is 0 Å². The average molecular weight is 355 g/mol. The molecule has 4 nitrogen and oxygen atoms in total. The molecule has 0 aliphatic heterocycles. The molecule has 1 heterocycles. The van der Waals surface area contributed by atoms with Crippen molar-refractivity contribution >= 4 is 28.7 Å². The number of nitrogens with one attached hydrogen (secondary N) is 1. The summed E-state index contributed by atoms with van der Waals surface area (Å²) in [4.78, 5) is 16.0. The number of thioether (sulfide) groups is 1. The number of aromatic nitrogens is 2. The number of imidazole rings is 1. The Morgan fingerprint density at radius 1 is 1.46 bits per heavy atom. The van der Waals surface area contributed by atoms with Crippen LogP contribution in [0.25, 0.3) is 11.0 Å². The Labute approximate surface area is 141 Å². The molecular formula is C16H16F3N3OS. The molecule has 0 saturated heterocycles. The van der Waals surface area contributed by atoms with Crippen molar-refractivity contribution in [3.05, 3.63) is 23.8 Å². The van der Waals surface area contributed by atoms with E-state index in [4.69, 9.17) is 6.42 Å². The second kappa shape index (κ2) is 7.62. The van der Waals surface area contributed by atoms with Gasteiger partial charge < -0.3 is 9.88 Å². The van der Waals surface area contributed by atoms with Crippen LogP contribution in [0.3, 0.4) is 0 Å². The van der Waals surface area contributed by atoms with Crippen molar-refractivity contribution < 1.29 is 18.0 Å². The summed E-state index contributed by atoms with van der Waals surface area (Å²) < 4.78 is 40.4. The van der Waals surface area contributed by atoms with Crippen LogP contribution in [0.5, 0.6) is 0 Å². The van der Waals surface area contributed by atoms with Crippen LogP contribution in [-0.4, -0.2) is 27.8 Å². The molecule has 0 unspecified atom stereocenters. The molecule has 128 valence electrons. The summed E-state index contributed by atoms with van der Waals surface area (Å²) in [6.45, 7) is 2.58. The van der Waals surface area contributed by atoms with Gasteiger partial charge in [-0.1, -0.05) is 24.6 Å². The predicted octanol–water partition coefficient (Wildman–Crippen LogP) is 3.31. The summed E-state index contributed by atoms with van der Waals surface area (Å²) in [5.41, 5.74) is 0.178. The zero-order chi connectivity index (χ0) is 17.7. The average Bonchev–Trinajstić information content (AvgIpc) is 2.87. The molecule has 0 spiro atoms. The SMILES string of the molecule is C#CCNC(=O)CSc1nc2ccc(C(F)(F)F)cc2n1CCC. The van der Waals surface area contributed by atoms with Gasteiger partial charge in [0.2, 0.25) is 5.91 Å². The van der Waals surface area contributed by atoms with Crippen LogP contribution >= 0.6 is 11.8 Å². The van der Waals surface area contributed by atoms with Crippen LogP contribution < -0.4 is 5.32 Å². The summed E-state index contributed by atoms with van der Waals surface area (Å²) in [6, 6.07) is 3.47. The van der Waals surface area contributed by atoms with Crippen molar-refractivity contribution in [2.45, 2.75) is 31.2 Å². The van der Waals surface area contributed by atoms with E-state index in [0.29, 0.717) is 22.7 Å². The first-order valence-corrected chi connectivity index (χ1v) is 8.25. The molecule has 8 heteroatoms. The number of hydrogen-bond donors (Lipinski definition) is 1. The van der Waals surface area contributed by atoms with Crippen LogP contribution in [0.1, 0.15) is 18.9 Å². The molecule has 0 atom stereocenters. The lowest BCUT2D eigenvalue weighted by molar-refractivity contribution is -0.137. The van der Waals surface area contributed by atoms with Crippen LogP contribution in [0.15, 0.2) is 23.4 Å². The maximum Gasteiger partial charge on any atom is 0.416 e. The highest BCUT2D eigenvalue weighted by atomic mass is 32.2. The number of carbonyl (C=O) groups excluding carboxylic acids is 1. The maximum atomic E-state index is 12.9. The molecule has 0 saturated carbocycles. The maximum absolute atomic E-state index is 12.9. The fraction of sp³-hybridized carbons (Fsp3) is 0.375. The third-order valence-electron chi connectivity index (χ3n) is 3.21. The lowest BCUT2D eigenvalue weighted by Gasteiger charge is -2.09. The number of halogens is 3. The number of fused-ring (bicyclic) bond motifs is 1. The van der Waals surface area contributed by atoms with Gasteiger partial charge in [-0.05, 0) is 24.6 Å². The van der Waals surface area contributed by atoms with E-state index in [1.54, 1.807) is 4.57 Å². The van der Waals surface area contributed by atoms with Gasteiger partial charge in [-0.3, -0.25) is 4.79 Å². The number of aryl methyl sites for hydroxylation is 1. The molecule has 0 fully saturated rings. The summed E-state index contributed by atoms with van der Waals surface area (Å²) in [6.07, 6.45) is 1.40. The molecule has 0 bridgehead atoms. The minimum Gasteiger partial charge on any atom is -0.344 e. The van der Waals surface area contributed by atoms with Gasteiger partial charge >= 0.3 is 6.18 Å². The van der Waals surface area contributed by atoms with Gasteiger partial charge in [0, 0.05) is 6.54 Å². The topological polar surface area (TPSA) is 46.9 Å². The number of benzene rings is 1. The molecule has 0 aliphatic carbocycles. The summed E-state index contributed by atoms with van der Waals surface area (Å²) in [5, 5.41) is 3.05. The Bertz CT molecular complexity index is 777. The Hall–Kier alpha value is -2.14. The Morgan fingerprint density at radius 2 is 2.21 bits per heavy atom. The number of rotatable bonds is 6. The number of carbonyl (C=O) groups is 1. The predicted molar refractivity (Wildman–Crippen MR) is 87.6 cm³/mol. The second-order valence-electron chi connectivity index (χ2n) is 5.02. The molecule has 1 aromatic carbocycles. The summed E-state index contributed by atoms with van der Waals surface area (Å²) >= 11 is 1.17. The van der Waals surface area contributed by atoms with Crippen molar-refractivity contribution in [2.75, 3.05) is 12.3 Å². The number of hydrogen-bond acceptors (Lipinski definition) is 3. The van der Waals surface area contributed by atoms with Crippen molar-refractivity contribution in [2.24, 2.45) is 0 Å². The van der Waals surface area contributed by atoms with Crippen LogP contribution in [0, 0.1) is 12.3 Å². The summed E-state index contributed by atoms with van der Waals surface area (Å²) in [5.74, 6) is 2.15. The second-order valence-corrected chi connectivity index (χ2v) is 5.96. The fourth-order valence-corrected chi connectivity index (χ4v) is 3.03. The molecule has 1 aromatic heterocycles. The van der Waals surface area contributed by atoms with Crippen LogP contribution in [-0.2, 0) is 17.5 Å². The minimum atomic E-state index is -4.40. The monoisotopic (exact) mass is 355 g/mol. The molecule has 1 amide bonds. The summed E-state index contributed by atoms with van der Waals surface area (Å²) in [7, 11) is 0. The third-order valence-corrected chi connectivity index (χ3v) is 4.18. The van der Waals surface area contributed by atoms with Gasteiger partial charge in [-0.2, -0.15) is 13.2 Å². The molecule has 2 aromatic rings. The van der Waals surface area contributed by atoms with Gasteiger partial charge in [0.25, 0.3) is 0 Å². The molecule has 0 radical (unpaired) electrons. The van der Waals surface area contributed by atoms with Gasteiger partial charge in [0.05, 0.1) is 28.9 Å². The van der Waals surface area contributed by atoms with E-state index in [2.05, 4.69) is 16.2 Å². The number of alkyl halides is 3. The zero-order valence-corrected chi connectivity index (χ0v) is 13.8. The lowest BCUT2D eigenvalue weighted by Crippen LogP contribution is -2.25. The van der Waals surface area contributed by atoms with E-state index in [1.165, 1.54) is 17.8 Å². The number of amides is 1. The smallest absolute Gasteiger partial charge is 0.344 e. The van der Waals surface area contributed by atoms with Gasteiger partial charge in [0.15, 0.2) is 5.16 Å². The molecule has 0 aliphatic rings. The highest BCUT2D eigenvalue weighted by Crippen LogP contribution is 2.33. The van der Waals surface area contributed by atoms with Crippen molar-refractivity contribution in [1.29, 1.82) is 0 Å². The molecular weight excluding hydrogens is 339 g/mol. The Morgan fingerprint density at radius 3 is 2.83 bits per heavy atom. The highest BCUT2D eigenvalue weighted by molar-refractivity contribution is 7.99. The molecule has 24 heavy (non-hydrogen) atoms. The van der Waals surface area contributed by atoms with E-state index < -0.39 is 11.7 Å². The van der Waals surface area contributed by atoms with E-state index in [0.717, 1.165) is 18.6 Å². The lowest BCUT2D eigenvalue weighted by atomic mass is 10.2. The van der Waals surface area contributed by atoms with Crippen molar-refractivity contribution in [3.8, 4) is 12.3 Å². The first-order valence-electron chi connectivity index (χ1n) is 7.27. The first kappa shape index (κ1) is 18.2. The van der Waals surface area contributed by atoms with E-state index in [-0.39, 0.29) is 18.2 Å². The van der Waals surface area contributed by atoms with Gasteiger partial charge in [0.1, 0.15) is 0 Å². The molecule has 2 rings (SSSR count).